The van der Waals surface area contributed by atoms with Crippen molar-refractivity contribution >= 4 is 5.91 Å². The highest BCUT2D eigenvalue weighted by molar-refractivity contribution is 5.78. The summed E-state index contributed by atoms with van der Waals surface area (Å²) in [6.45, 7) is 8.69. The van der Waals surface area contributed by atoms with Crippen LogP contribution in [0.15, 0.2) is 0 Å². The minimum Gasteiger partial charge on any atom is -0.379 e. The van der Waals surface area contributed by atoms with Gasteiger partial charge in [0.15, 0.2) is 0 Å². The molecule has 0 aromatic rings. The molecule has 1 amide bonds. The van der Waals surface area contributed by atoms with Gasteiger partial charge in [-0.05, 0) is 18.9 Å². The van der Waals surface area contributed by atoms with Gasteiger partial charge in [0.2, 0.25) is 5.91 Å². The van der Waals surface area contributed by atoms with Crippen LogP contribution in [-0.4, -0.2) is 50.2 Å². The molecule has 0 aliphatic carbocycles. The maximum Gasteiger partial charge on any atom is 0.236 e. The van der Waals surface area contributed by atoms with Gasteiger partial charge >= 0.3 is 0 Å². The molecule has 0 radical (unpaired) electrons. The summed E-state index contributed by atoms with van der Waals surface area (Å²) < 4.78 is 5.47. The molecule has 1 saturated heterocycles. The molecule has 0 bridgehead atoms. The lowest BCUT2D eigenvalue weighted by atomic mass is 10.2. The molecule has 4 heteroatoms. The number of nitrogens with one attached hydrogen (secondary N) is 1. The van der Waals surface area contributed by atoms with Crippen molar-refractivity contribution in [3.63, 3.8) is 0 Å². The molecular formula is C11H22N2O2. The molecule has 0 saturated carbocycles. The Balaban J connectivity index is 2.15. The highest BCUT2D eigenvalue weighted by atomic mass is 16.5. The van der Waals surface area contributed by atoms with E-state index in [1.807, 2.05) is 4.90 Å². The zero-order valence-corrected chi connectivity index (χ0v) is 9.79. The van der Waals surface area contributed by atoms with E-state index in [4.69, 9.17) is 4.74 Å². The van der Waals surface area contributed by atoms with Gasteiger partial charge in [-0.15, -0.1) is 0 Å². The van der Waals surface area contributed by atoms with Gasteiger partial charge in [0.25, 0.3) is 0 Å². The SMILES string of the molecule is CC(C)COCCN1CCCNCC1=O. The lowest BCUT2D eigenvalue weighted by molar-refractivity contribution is -0.130. The Morgan fingerprint density at radius 3 is 3.07 bits per heavy atom. The summed E-state index contributed by atoms with van der Waals surface area (Å²) in [5, 5.41) is 3.10. The minimum atomic E-state index is 0.195. The molecule has 1 aliphatic rings. The van der Waals surface area contributed by atoms with Crippen LogP contribution in [-0.2, 0) is 9.53 Å². The summed E-state index contributed by atoms with van der Waals surface area (Å²) in [6, 6.07) is 0. The van der Waals surface area contributed by atoms with E-state index in [0.29, 0.717) is 19.1 Å². The smallest absolute Gasteiger partial charge is 0.236 e. The first kappa shape index (κ1) is 12.5. The van der Waals surface area contributed by atoms with Crippen molar-refractivity contribution < 1.29 is 9.53 Å². The Labute approximate surface area is 92.0 Å². The fraction of sp³-hybridized carbons (Fsp3) is 0.909. The van der Waals surface area contributed by atoms with E-state index in [1.165, 1.54) is 0 Å². The molecule has 1 N–H and O–H groups in total. The topological polar surface area (TPSA) is 41.6 Å². The summed E-state index contributed by atoms with van der Waals surface area (Å²) in [5.74, 6) is 0.757. The first-order valence-corrected chi connectivity index (χ1v) is 5.76. The molecule has 88 valence electrons. The third-order valence-electron chi connectivity index (χ3n) is 2.37. The maximum absolute atomic E-state index is 11.6. The largest absolute Gasteiger partial charge is 0.379 e. The van der Waals surface area contributed by atoms with Crippen molar-refractivity contribution in [2.75, 3.05) is 39.4 Å². The van der Waals surface area contributed by atoms with Crippen molar-refractivity contribution in [1.29, 1.82) is 0 Å². The van der Waals surface area contributed by atoms with Gasteiger partial charge in [-0.2, -0.15) is 0 Å². The second kappa shape index (κ2) is 6.80. The normalized spacial score (nSPS) is 18.3. The van der Waals surface area contributed by atoms with Crippen LogP contribution in [0.2, 0.25) is 0 Å². The monoisotopic (exact) mass is 214 g/mol. The highest BCUT2D eigenvalue weighted by Crippen LogP contribution is 1.98. The van der Waals surface area contributed by atoms with Crippen molar-refractivity contribution in [2.24, 2.45) is 5.92 Å². The average molecular weight is 214 g/mol. The van der Waals surface area contributed by atoms with Crippen molar-refractivity contribution in [2.45, 2.75) is 20.3 Å². The third kappa shape index (κ3) is 5.14. The molecule has 0 aromatic carbocycles. The Kier molecular flexibility index (Phi) is 5.65. The molecule has 0 unspecified atom stereocenters. The second-order valence-corrected chi connectivity index (χ2v) is 4.38. The summed E-state index contributed by atoms with van der Waals surface area (Å²) in [4.78, 5) is 13.4. The summed E-state index contributed by atoms with van der Waals surface area (Å²) in [5.41, 5.74) is 0. The van der Waals surface area contributed by atoms with Gasteiger partial charge in [-0.3, -0.25) is 4.79 Å². The van der Waals surface area contributed by atoms with Crippen LogP contribution in [0.5, 0.6) is 0 Å². The van der Waals surface area contributed by atoms with Crippen LogP contribution >= 0.6 is 0 Å². The first-order valence-electron chi connectivity index (χ1n) is 5.76. The van der Waals surface area contributed by atoms with Crippen LogP contribution in [0.1, 0.15) is 20.3 Å². The summed E-state index contributed by atoms with van der Waals surface area (Å²) >= 11 is 0. The quantitative estimate of drug-likeness (QED) is 0.677. The van der Waals surface area contributed by atoms with Crippen LogP contribution < -0.4 is 5.32 Å². The Hall–Kier alpha value is -0.610. The number of ether oxygens (including phenoxy) is 1. The van der Waals surface area contributed by atoms with E-state index in [2.05, 4.69) is 19.2 Å². The van der Waals surface area contributed by atoms with Crippen molar-refractivity contribution in [1.82, 2.24) is 10.2 Å². The van der Waals surface area contributed by atoms with Crippen LogP contribution in [0.3, 0.4) is 0 Å². The number of hydrogen-bond donors (Lipinski definition) is 1. The molecule has 0 aromatic heterocycles. The summed E-state index contributed by atoms with van der Waals surface area (Å²) in [6.07, 6.45) is 1.04. The molecule has 0 spiro atoms. The summed E-state index contributed by atoms with van der Waals surface area (Å²) in [7, 11) is 0. The van der Waals surface area contributed by atoms with E-state index in [9.17, 15) is 4.79 Å². The van der Waals surface area contributed by atoms with Gasteiger partial charge in [-0.25, -0.2) is 0 Å². The first-order chi connectivity index (χ1) is 7.20. The Morgan fingerprint density at radius 1 is 1.53 bits per heavy atom. The van der Waals surface area contributed by atoms with E-state index in [1.54, 1.807) is 0 Å². The zero-order chi connectivity index (χ0) is 11.1. The molecule has 4 nitrogen and oxygen atoms in total. The van der Waals surface area contributed by atoms with Crippen molar-refractivity contribution in [3.05, 3.63) is 0 Å². The lowest BCUT2D eigenvalue weighted by Crippen LogP contribution is -2.37. The van der Waals surface area contributed by atoms with Gasteiger partial charge in [0.05, 0.1) is 13.2 Å². The molecular weight excluding hydrogens is 192 g/mol. The predicted molar refractivity (Wildman–Crippen MR) is 59.7 cm³/mol. The molecule has 1 heterocycles. The Morgan fingerprint density at radius 2 is 2.33 bits per heavy atom. The van der Waals surface area contributed by atoms with Gasteiger partial charge < -0.3 is 15.0 Å². The molecule has 1 aliphatic heterocycles. The number of nitrogens with zero attached hydrogens (tertiary/aromatic N) is 1. The number of rotatable bonds is 5. The maximum atomic E-state index is 11.6. The standard InChI is InChI=1S/C11H22N2O2/c1-10(2)9-15-7-6-13-5-3-4-12-8-11(13)14/h10,12H,3-9H2,1-2H3. The third-order valence-corrected chi connectivity index (χ3v) is 2.37. The zero-order valence-electron chi connectivity index (χ0n) is 9.79. The fourth-order valence-corrected chi connectivity index (χ4v) is 1.56. The van der Waals surface area contributed by atoms with Gasteiger partial charge in [0.1, 0.15) is 0 Å². The number of hydrogen-bond acceptors (Lipinski definition) is 3. The van der Waals surface area contributed by atoms with E-state index >= 15 is 0 Å². The van der Waals surface area contributed by atoms with Gasteiger partial charge in [0, 0.05) is 19.7 Å². The number of carbonyl (C=O) groups is 1. The fourth-order valence-electron chi connectivity index (χ4n) is 1.56. The average Bonchev–Trinajstić information content (AvgIpc) is 2.38. The lowest BCUT2D eigenvalue weighted by Gasteiger charge is -2.20. The minimum absolute atomic E-state index is 0.195. The predicted octanol–water partition coefficient (Wildman–Crippen LogP) is 0.481. The van der Waals surface area contributed by atoms with E-state index < -0.39 is 0 Å². The second-order valence-electron chi connectivity index (χ2n) is 4.38. The van der Waals surface area contributed by atoms with Crippen LogP contribution in [0.25, 0.3) is 0 Å². The Bertz CT molecular complexity index is 195. The van der Waals surface area contributed by atoms with Crippen LogP contribution in [0.4, 0.5) is 0 Å². The van der Waals surface area contributed by atoms with Gasteiger partial charge in [-0.1, -0.05) is 13.8 Å². The number of carbonyl (C=O) groups excluding carboxylic acids is 1. The molecule has 1 rings (SSSR count). The molecule has 1 fully saturated rings. The van der Waals surface area contributed by atoms with Crippen LogP contribution in [0, 0.1) is 5.92 Å². The molecule has 0 atom stereocenters. The van der Waals surface area contributed by atoms with E-state index in [0.717, 1.165) is 32.7 Å². The van der Waals surface area contributed by atoms with Crippen molar-refractivity contribution in [3.8, 4) is 0 Å². The van der Waals surface area contributed by atoms with E-state index in [-0.39, 0.29) is 5.91 Å². The number of amides is 1. The highest BCUT2D eigenvalue weighted by Gasteiger charge is 2.15. The molecule has 15 heavy (non-hydrogen) atoms.